The van der Waals surface area contributed by atoms with Gasteiger partial charge in [-0.2, -0.15) is 0 Å². The maximum absolute atomic E-state index is 11.0. The SMILES string of the molecule is CC1(O)C=CC(C(=O)O)=C(O)C1Cc1ccccc1. The number of rotatable bonds is 3. The fourth-order valence-electron chi connectivity index (χ4n) is 2.25. The maximum Gasteiger partial charge on any atom is 0.339 e. The lowest BCUT2D eigenvalue weighted by Crippen LogP contribution is -2.38. The average molecular weight is 260 g/mol. The summed E-state index contributed by atoms with van der Waals surface area (Å²) < 4.78 is 0. The number of aliphatic hydroxyl groups is 2. The second kappa shape index (κ2) is 4.90. The molecule has 0 heterocycles. The van der Waals surface area contributed by atoms with Gasteiger partial charge in [0.1, 0.15) is 5.76 Å². The summed E-state index contributed by atoms with van der Waals surface area (Å²) in [6.07, 6.45) is 3.05. The third-order valence-electron chi connectivity index (χ3n) is 3.41. The van der Waals surface area contributed by atoms with Crippen LogP contribution in [0.25, 0.3) is 0 Å². The molecule has 1 aliphatic rings. The maximum atomic E-state index is 11.0. The molecule has 1 aromatic rings. The first-order valence-electron chi connectivity index (χ1n) is 6.04. The first-order valence-corrected chi connectivity index (χ1v) is 6.04. The second-order valence-electron chi connectivity index (χ2n) is 4.91. The third kappa shape index (κ3) is 2.69. The molecule has 1 aliphatic carbocycles. The number of hydrogen-bond acceptors (Lipinski definition) is 3. The molecule has 2 rings (SSSR count). The normalized spacial score (nSPS) is 26.5. The summed E-state index contributed by atoms with van der Waals surface area (Å²) in [5, 5.41) is 29.4. The Kier molecular flexibility index (Phi) is 3.44. The molecule has 19 heavy (non-hydrogen) atoms. The fraction of sp³-hybridized carbons (Fsp3) is 0.267. The van der Waals surface area contributed by atoms with Crippen LogP contribution in [0.15, 0.2) is 53.8 Å². The molecule has 4 heteroatoms. The largest absolute Gasteiger partial charge is 0.511 e. The van der Waals surface area contributed by atoms with E-state index in [2.05, 4.69) is 0 Å². The summed E-state index contributed by atoms with van der Waals surface area (Å²) in [7, 11) is 0. The molecule has 0 saturated carbocycles. The van der Waals surface area contributed by atoms with E-state index in [9.17, 15) is 15.0 Å². The molecule has 4 nitrogen and oxygen atoms in total. The summed E-state index contributed by atoms with van der Waals surface area (Å²) in [5.41, 5.74) is -0.495. The number of benzene rings is 1. The molecule has 2 unspecified atom stereocenters. The van der Waals surface area contributed by atoms with Crippen LogP contribution >= 0.6 is 0 Å². The molecule has 0 aromatic heterocycles. The van der Waals surface area contributed by atoms with Crippen molar-refractivity contribution in [1.82, 2.24) is 0 Å². The van der Waals surface area contributed by atoms with Crippen molar-refractivity contribution in [2.24, 2.45) is 5.92 Å². The number of carbonyl (C=O) groups is 1. The number of aliphatic carboxylic acids is 1. The molecule has 0 spiro atoms. The minimum absolute atomic E-state index is 0.160. The van der Waals surface area contributed by atoms with E-state index in [1.54, 1.807) is 6.92 Å². The Morgan fingerprint density at radius 1 is 1.32 bits per heavy atom. The Morgan fingerprint density at radius 2 is 1.95 bits per heavy atom. The van der Waals surface area contributed by atoms with Crippen molar-refractivity contribution in [1.29, 1.82) is 0 Å². The van der Waals surface area contributed by atoms with Crippen molar-refractivity contribution in [2.45, 2.75) is 18.9 Å². The van der Waals surface area contributed by atoms with Crippen LogP contribution in [0.1, 0.15) is 12.5 Å². The Balaban J connectivity index is 2.35. The van der Waals surface area contributed by atoms with Gasteiger partial charge < -0.3 is 15.3 Å². The van der Waals surface area contributed by atoms with E-state index < -0.39 is 17.5 Å². The van der Waals surface area contributed by atoms with Crippen molar-refractivity contribution in [3.63, 3.8) is 0 Å². The molecule has 0 aliphatic heterocycles. The van der Waals surface area contributed by atoms with Gasteiger partial charge in [0.05, 0.1) is 17.1 Å². The average Bonchev–Trinajstić information content (AvgIpc) is 2.35. The quantitative estimate of drug-likeness (QED) is 0.777. The van der Waals surface area contributed by atoms with Gasteiger partial charge in [-0.05, 0) is 25.0 Å². The molecule has 0 bridgehead atoms. The van der Waals surface area contributed by atoms with Crippen molar-refractivity contribution >= 4 is 5.97 Å². The zero-order valence-corrected chi connectivity index (χ0v) is 10.6. The van der Waals surface area contributed by atoms with Crippen LogP contribution < -0.4 is 0 Å². The van der Waals surface area contributed by atoms with E-state index in [1.807, 2.05) is 30.3 Å². The van der Waals surface area contributed by atoms with Gasteiger partial charge in [0.25, 0.3) is 0 Å². The van der Waals surface area contributed by atoms with Gasteiger partial charge in [0.15, 0.2) is 0 Å². The molecule has 3 N–H and O–H groups in total. The zero-order chi connectivity index (χ0) is 14.0. The lowest BCUT2D eigenvalue weighted by Gasteiger charge is -2.33. The topological polar surface area (TPSA) is 77.8 Å². The minimum Gasteiger partial charge on any atom is -0.511 e. The molecule has 0 saturated heterocycles. The first-order chi connectivity index (χ1) is 8.92. The summed E-state index contributed by atoms with van der Waals surface area (Å²) in [4.78, 5) is 11.0. The van der Waals surface area contributed by atoms with Crippen LogP contribution in [0, 0.1) is 5.92 Å². The van der Waals surface area contributed by atoms with Gasteiger partial charge in [-0.15, -0.1) is 0 Å². The number of hydrogen-bond donors (Lipinski definition) is 3. The van der Waals surface area contributed by atoms with Gasteiger partial charge in [0, 0.05) is 0 Å². The van der Waals surface area contributed by atoms with Crippen molar-refractivity contribution < 1.29 is 20.1 Å². The predicted molar refractivity (Wildman–Crippen MR) is 70.7 cm³/mol. The number of carboxylic acids is 1. The monoisotopic (exact) mass is 260 g/mol. The Hall–Kier alpha value is -2.07. The Morgan fingerprint density at radius 3 is 2.53 bits per heavy atom. The van der Waals surface area contributed by atoms with E-state index in [1.165, 1.54) is 12.2 Å². The van der Waals surface area contributed by atoms with Gasteiger partial charge in [-0.3, -0.25) is 0 Å². The fourth-order valence-corrected chi connectivity index (χ4v) is 2.25. The van der Waals surface area contributed by atoms with Gasteiger partial charge >= 0.3 is 5.97 Å². The second-order valence-corrected chi connectivity index (χ2v) is 4.91. The highest BCUT2D eigenvalue weighted by Gasteiger charge is 2.38. The molecule has 2 atom stereocenters. The highest BCUT2D eigenvalue weighted by Crippen LogP contribution is 2.34. The van der Waals surface area contributed by atoms with Gasteiger partial charge in [0.2, 0.25) is 0 Å². The van der Waals surface area contributed by atoms with Crippen LogP contribution in [0.5, 0.6) is 0 Å². The predicted octanol–water partition coefficient (Wildman–Crippen LogP) is 2.06. The minimum atomic E-state index is -1.27. The van der Waals surface area contributed by atoms with E-state index in [0.29, 0.717) is 6.42 Å². The molecular weight excluding hydrogens is 244 g/mol. The number of carboxylic acid groups (broad SMARTS) is 1. The number of aliphatic hydroxyl groups excluding tert-OH is 1. The van der Waals surface area contributed by atoms with Gasteiger partial charge in [-0.25, -0.2) is 4.79 Å². The van der Waals surface area contributed by atoms with E-state index in [0.717, 1.165) is 5.56 Å². The highest BCUT2D eigenvalue weighted by molar-refractivity contribution is 5.91. The molecule has 1 aromatic carbocycles. The van der Waals surface area contributed by atoms with Crippen LogP contribution in [-0.4, -0.2) is 26.9 Å². The molecule has 0 amide bonds. The van der Waals surface area contributed by atoms with Gasteiger partial charge in [-0.1, -0.05) is 36.4 Å². The smallest absolute Gasteiger partial charge is 0.339 e. The molecule has 0 fully saturated rings. The van der Waals surface area contributed by atoms with Crippen LogP contribution in [-0.2, 0) is 11.2 Å². The lowest BCUT2D eigenvalue weighted by atomic mass is 9.78. The Bertz CT molecular complexity index is 541. The Labute approximate surface area is 111 Å². The van der Waals surface area contributed by atoms with E-state index in [-0.39, 0.29) is 11.3 Å². The summed E-state index contributed by atoms with van der Waals surface area (Å²) in [6.45, 7) is 1.56. The summed E-state index contributed by atoms with van der Waals surface area (Å²) >= 11 is 0. The summed E-state index contributed by atoms with van der Waals surface area (Å²) in [6, 6.07) is 9.36. The van der Waals surface area contributed by atoms with Crippen molar-refractivity contribution in [3.8, 4) is 0 Å². The summed E-state index contributed by atoms with van der Waals surface area (Å²) in [5.74, 6) is -2.13. The van der Waals surface area contributed by atoms with Crippen LogP contribution in [0.4, 0.5) is 0 Å². The van der Waals surface area contributed by atoms with Crippen molar-refractivity contribution in [2.75, 3.05) is 0 Å². The lowest BCUT2D eigenvalue weighted by molar-refractivity contribution is -0.132. The van der Waals surface area contributed by atoms with Crippen LogP contribution in [0.3, 0.4) is 0 Å². The standard InChI is InChI=1S/C15H16O4/c1-15(19)8-7-11(14(17)18)13(16)12(15)9-10-5-3-2-4-6-10/h2-8,12,16,19H,9H2,1H3,(H,17,18). The molecule has 0 radical (unpaired) electrons. The first kappa shape index (κ1) is 13.4. The molecule has 100 valence electrons. The van der Waals surface area contributed by atoms with E-state index >= 15 is 0 Å². The van der Waals surface area contributed by atoms with Crippen LogP contribution in [0.2, 0.25) is 0 Å². The zero-order valence-electron chi connectivity index (χ0n) is 10.6. The molecular formula is C15H16O4. The highest BCUT2D eigenvalue weighted by atomic mass is 16.4. The van der Waals surface area contributed by atoms with E-state index in [4.69, 9.17) is 5.11 Å². The third-order valence-corrected chi connectivity index (χ3v) is 3.41. The van der Waals surface area contributed by atoms with Crippen molar-refractivity contribution in [3.05, 3.63) is 59.4 Å².